The molecule has 17 heavy (non-hydrogen) atoms. The molecule has 0 spiro atoms. The van der Waals surface area contributed by atoms with Crippen molar-refractivity contribution in [1.29, 1.82) is 0 Å². The van der Waals surface area contributed by atoms with E-state index in [0.29, 0.717) is 19.0 Å². The first-order chi connectivity index (χ1) is 7.88. The van der Waals surface area contributed by atoms with Crippen molar-refractivity contribution in [3.63, 3.8) is 0 Å². The lowest BCUT2D eigenvalue weighted by Crippen LogP contribution is -2.17. The molecule has 0 radical (unpaired) electrons. The molecule has 2 unspecified atom stereocenters. The van der Waals surface area contributed by atoms with E-state index in [9.17, 15) is 17.6 Å². The second kappa shape index (κ2) is 4.29. The van der Waals surface area contributed by atoms with Crippen molar-refractivity contribution in [3.8, 4) is 0 Å². The summed E-state index contributed by atoms with van der Waals surface area (Å²) in [6.07, 6.45) is -3.85. The molecule has 0 aromatic heterocycles. The Morgan fingerprint density at radius 3 is 2.53 bits per heavy atom. The van der Waals surface area contributed by atoms with Crippen molar-refractivity contribution in [1.82, 2.24) is 5.32 Å². The van der Waals surface area contributed by atoms with Crippen molar-refractivity contribution in [2.24, 2.45) is 0 Å². The summed E-state index contributed by atoms with van der Waals surface area (Å²) in [5.74, 6) is -1.04. The summed E-state index contributed by atoms with van der Waals surface area (Å²) in [5, 5.41) is 3.10. The topological polar surface area (TPSA) is 12.0 Å². The number of benzene rings is 1. The Kier molecular flexibility index (Phi) is 3.12. The van der Waals surface area contributed by atoms with E-state index in [0.717, 1.165) is 6.07 Å². The molecular formula is C12H13F4N. The molecule has 1 aromatic rings. The molecule has 2 rings (SSSR count). The number of hydrogen-bond donors (Lipinski definition) is 1. The molecule has 0 aliphatic carbocycles. The molecule has 0 amide bonds. The summed E-state index contributed by atoms with van der Waals surface area (Å²) in [6.45, 7) is 2.44. The van der Waals surface area contributed by atoms with E-state index in [4.69, 9.17) is 0 Å². The van der Waals surface area contributed by atoms with Crippen LogP contribution >= 0.6 is 0 Å². The molecule has 1 fully saturated rings. The van der Waals surface area contributed by atoms with Crippen LogP contribution in [0.2, 0.25) is 0 Å². The van der Waals surface area contributed by atoms with Crippen LogP contribution in [0.15, 0.2) is 18.2 Å². The third kappa shape index (κ3) is 2.60. The average molecular weight is 247 g/mol. The number of hydrogen-bond acceptors (Lipinski definition) is 1. The molecule has 0 saturated carbocycles. The maximum absolute atomic E-state index is 12.9. The smallest absolute Gasteiger partial charge is 0.314 e. The molecule has 94 valence electrons. The quantitative estimate of drug-likeness (QED) is 0.751. The predicted molar refractivity (Wildman–Crippen MR) is 56.2 cm³/mol. The van der Waals surface area contributed by atoms with Crippen molar-refractivity contribution in [3.05, 3.63) is 35.1 Å². The molecule has 1 saturated heterocycles. The first-order valence-corrected chi connectivity index (χ1v) is 5.48. The number of halogens is 4. The third-order valence-electron chi connectivity index (χ3n) is 3.11. The van der Waals surface area contributed by atoms with E-state index >= 15 is 0 Å². The van der Waals surface area contributed by atoms with Crippen LogP contribution in [0.1, 0.15) is 30.4 Å². The van der Waals surface area contributed by atoms with Crippen LogP contribution in [0.4, 0.5) is 17.6 Å². The van der Waals surface area contributed by atoms with Gasteiger partial charge in [-0.3, -0.25) is 0 Å². The van der Waals surface area contributed by atoms with Crippen molar-refractivity contribution < 1.29 is 17.6 Å². The van der Waals surface area contributed by atoms with Gasteiger partial charge < -0.3 is 5.32 Å². The SMILES string of the molecule is CC1CC(c2ccc(F)cc2C(F)(F)F)CN1. The fourth-order valence-corrected chi connectivity index (χ4v) is 2.30. The lowest BCUT2D eigenvalue weighted by atomic mass is 9.92. The molecule has 1 aliphatic rings. The number of alkyl halides is 3. The standard InChI is InChI=1S/C12H13F4N/c1-7-4-8(6-17-7)10-3-2-9(13)5-11(10)12(14,15)16/h2-3,5,7-8,17H,4,6H2,1H3. The number of nitrogens with one attached hydrogen (secondary N) is 1. The highest BCUT2D eigenvalue weighted by atomic mass is 19.4. The highest BCUT2D eigenvalue weighted by Crippen LogP contribution is 2.38. The van der Waals surface area contributed by atoms with Gasteiger partial charge in [0.05, 0.1) is 5.56 Å². The Bertz CT molecular complexity index is 413. The Morgan fingerprint density at radius 2 is 2.00 bits per heavy atom. The van der Waals surface area contributed by atoms with Gasteiger partial charge in [0.15, 0.2) is 0 Å². The van der Waals surface area contributed by atoms with Gasteiger partial charge in [0.1, 0.15) is 5.82 Å². The van der Waals surface area contributed by atoms with Gasteiger partial charge >= 0.3 is 6.18 Å². The second-order valence-electron chi connectivity index (χ2n) is 4.47. The van der Waals surface area contributed by atoms with Crippen molar-refractivity contribution in [2.75, 3.05) is 6.54 Å². The Morgan fingerprint density at radius 1 is 1.29 bits per heavy atom. The zero-order valence-electron chi connectivity index (χ0n) is 9.31. The van der Waals surface area contributed by atoms with Crippen LogP contribution in [0.3, 0.4) is 0 Å². The van der Waals surface area contributed by atoms with E-state index in [2.05, 4.69) is 5.32 Å². The normalized spacial score (nSPS) is 25.2. The van der Waals surface area contributed by atoms with Crippen molar-refractivity contribution in [2.45, 2.75) is 31.5 Å². The predicted octanol–water partition coefficient (Wildman–Crippen LogP) is 3.31. The van der Waals surface area contributed by atoms with Gasteiger partial charge in [0.2, 0.25) is 0 Å². The second-order valence-corrected chi connectivity index (χ2v) is 4.47. The molecule has 1 N–H and O–H groups in total. The molecule has 5 heteroatoms. The zero-order chi connectivity index (χ0) is 12.6. The number of rotatable bonds is 1. The average Bonchev–Trinajstić information content (AvgIpc) is 2.63. The lowest BCUT2D eigenvalue weighted by Gasteiger charge is -2.17. The first kappa shape index (κ1) is 12.4. The van der Waals surface area contributed by atoms with Crippen LogP contribution in [-0.2, 0) is 6.18 Å². The first-order valence-electron chi connectivity index (χ1n) is 5.48. The maximum atomic E-state index is 12.9. The van der Waals surface area contributed by atoms with Crippen LogP contribution < -0.4 is 5.32 Å². The lowest BCUT2D eigenvalue weighted by molar-refractivity contribution is -0.138. The Balaban J connectivity index is 2.39. The Hall–Kier alpha value is -1.10. The van der Waals surface area contributed by atoms with Crippen LogP contribution in [0.5, 0.6) is 0 Å². The molecule has 2 atom stereocenters. The van der Waals surface area contributed by atoms with E-state index < -0.39 is 17.6 Å². The van der Waals surface area contributed by atoms with Gasteiger partial charge in [-0.2, -0.15) is 13.2 Å². The molecule has 1 heterocycles. The molecular weight excluding hydrogens is 234 g/mol. The summed E-state index contributed by atoms with van der Waals surface area (Å²) < 4.78 is 51.3. The minimum Gasteiger partial charge on any atom is -0.314 e. The highest BCUT2D eigenvalue weighted by molar-refractivity contribution is 5.34. The summed E-state index contributed by atoms with van der Waals surface area (Å²) in [5.41, 5.74) is -0.658. The summed E-state index contributed by atoms with van der Waals surface area (Å²) in [7, 11) is 0. The minimum absolute atomic E-state index is 0.191. The monoisotopic (exact) mass is 247 g/mol. The van der Waals surface area contributed by atoms with Gasteiger partial charge in [0.25, 0.3) is 0 Å². The van der Waals surface area contributed by atoms with Crippen LogP contribution in [0, 0.1) is 5.82 Å². The van der Waals surface area contributed by atoms with E-state index in [1.54, 1.807) is 0 Å². The largest absolute Gasteiger partial charge is 0.416 e. The summed E-state index contributed by atoms with van der Waals surface area (Å²) >= 11 is 0. The molecule has 1 aliphatic heterocycles. The minimum atomic E-state index is -4.50. The van der Waals surface area contributed by atoms with Crippen LogP contribution in [0.25, 0.3) is 0 Å². The summed E-state index contributed by atoms with van der Waals surface area (Å²) in [6, 6.07) is 3.13. The van der Waals surface area contributed by atoms with Gasteiger partial charge in [-0.25, -0.2) is 4.39 Å². The third-order valence-corrected chi connectivity index (χ3v) is 3.11. The van der Waals surface area contributed by atoms with E-state index in [-0.39, 0.29) is 17.5 Å². The van der Waals surface area contributed by atoms with Gasteiger partial charge in [-0.05, 0) is 37.0 Å². The van der Waals surface area contributed by atoms with Gasteiger partial charge in [-0.15, -0.1) is 0 Å². The van der Waals surface area contributed by atoms with Gasteiger partial charge in [0, 0.05) is 12.6 Å². The molecule has 1 nitrogen and oxygen atoms in total. The van der Waals surface area contributed by atoms with E-state index in [1.165, 1.54) is 6.07 Å². The van der Waals surface area contributed by atoms with Crippen LogP contribution in [-0.4, -0.2) is 12.6 Å². The van der Waals surface area contributed by atoms with E-state index in [1.807, 2.05) is 6.92 Å². The molecule has 1 aromatic carbocycles. The highest BCUT2D eigenvalue weighted by Gasteiger charge is 2.37. The van der Waals surface area contributed by atoms with Crippen molar-refractivity contribution >= 4 is 0 Å². The van der Waals surface area contributed by atoms with Gasteiger partial charge in [-0.1, -0.05) is 6.07 Å². The maximum Gasteiger partial charge on any atom is 0.416 e. The fourth-order valence-electron chi connectivity index (χ4n) is 2.30. The Labute approximate surface area is 96.8 Å². The summed E-state index contributed by atoms with van der Waals surface area (Å²) in [4.78, 5) is 0. The molecule has 0 bridgehead atoms. The fraction of sp³-hybridized carbons (Fsp3) is 0.500. The zero-order valence-corrected chi connectivity index (χ0v) is 9.31.